The number of fused-ring (bicyclic) bond motifs is 1. The third kappa shape index (κ3) is 2.08. The van der Waals surface area contributed by atoms with Crippen LogP contribution >= 0.6 is 23.1 Å². The zero-order valence-corrected chi connectivity index (χ0v) is 9.57. The molecule has 0 aliphatic rings. The van der Waals surface area contributed by atoms with E-state index in [4.69, 9.17) is 5.73 Å². The minimum atomic E-state index is 0.440. The van der Waals surface area contributed by atoms with Gasteiger partial charge in [-0.2, -0.15) is 0 Å². The van der Waals surface area contributed by atoms with Crippen LogP contribution in [0, 0.1) is 0 Å². The van der Waals surface area contributed by atoms with Crippen LogP contribution in [0.4, 0.5) is 0 Å². The van der Waals surface area contributed by atoms with Crippen LogP contribution in [0.25, 0.3) is 10.2 Å². The number of para-hydroxylation sites is 1. The highest BCUT2D eigenvalue weighted by Gasteiger charge is 2.07. The molecule has 0 aliphatic heterocycles. The zero-order chi connectivity index (χ0) is 9.97. The first-order chi connectivity index (χ1) is 6.79. The van der Waals surface area contributed by atoms with Crippen LogP contribution < -0.4 is 5.73 Å². The van der Waals surface area contributed by atoms with Crippen molar-refractivity contribution in [3.63, 3.8) is 0 Å². The minimum absolute atomic E-state index is 0.440. The molecule has 1 atom stereocenters. The van der Waals surface area contributed by atoms with Gasteiger partial charge in [-0.3, -0.25) is 0 Å². The molecule has 1 heterocycles. The number of nitrogens with two attached hydrogens (primary N) is 1. The zero-order valence-electron chi connectivity index (χ0n) is 7.93. The van der Waals surface area contributed by atoms with Crippen LogP contribution in [0.15, 0.2) is 28.6 Å². The lowest BCUT2D eigenvalue weighted by Gasteiger charge is -2.02. The molecule has 0 spiro atoms. The molecule has 2 rings (SSSR count). The molecule has 1 aromatic heterocycles. The summed E-state index contributed by atoms with van der Waals surface area (Å²) in [5.41, 5.74) is 6.66. The van der Waals surface area contributed by atoms with Gasteiger partial charge in [-0.05, 0) is 12.1 Å². The SMILES string of the molecule is CC(CN)Sc1nc2ccccc2s1. The van der Waals surface area contributed by atoms with Gasteiger partial charge in [0.05, 0.1) is 10.2 Å². The average molecular weight is 224 g/mol. The van der Waals surface area contributed by atoms with Crippen LogP contribution in [0.1, 0.15) is 6.92 Å². The van der Waals surface area contributed by atoms with Gasteiger partial charge in [0.15, 0.2) is 4.34 Å². The van der Waals surface area contributed by atoms with Gasteiger partial charge in [-0.1, -0.05) is 30.8 Å². The summed E-state index contributed by atoms with van der Waals surface area (Å²) in [6, 6.07) is 8.21. The molecule has 0 radical (unpaired) electrons. The third-order valence-corrected chi connectivity index (χ3v) is 4.17. The predicted octanol–water partition coefficient (Wildman–Crippen LogP) is 2.74. The van der Waals surface area contributed by atoms with E-state index in [1.807, 2.05) is 18.2 Å². The summed E-state index contributed by atoms with van der Waals surface area (Å²) in [6.07, 6.45) is 0. The lowest BCUT2D eigenvalue weighted by atomic mass is 10.3. The van der Waals surface area contributed by atoms with Crippen LogP contribution in [0.3, 0.4) is 0 Å². The van der Waals surface area contributed by atoms with E-state index in [1.54, 1.807) is 23.1 Å². The average Bonchev–Trinajstić information content (AvgIpc) is 2.59. The molecule has 14 heavy (non-hydrogen) atoms. The molecule has 0 aliphatic carbocycles. The van der Waals surface area contributed by atoms with Crippen molar-refractivity contribution < 1.29 is 0 Å². The van der Waals surface area contributed by atoms with E-state index in [0.29, 0.717) is 11.8 Å². The fourth-order valence-electron chi connectivity index (χ4n) is 1.12. The van der Waals surface area contributed by atoms with Crippen molar-refractivity contribution in [3.8, 4) is 0 Å². The maximum absolute atomic E-state index is 5.57. The smallest absolute Gasteiger partial charge is 0.151 e. The summed E-state index contributed by atoms with van der Waals surface area (Å²) < 4.78 is 2.36. The maximum atomic E-state index is 5.57. The summed E-state index contributed by atoms with van der Waals surface area (Å²) in [6.45, 7) is 2.82. The Morgan fingerprint density at radius 2 is 2.29 bits per heavy atom. The van der Waals surface area contributed by atoms with Gasteiger partial charge >= 0.3 is 0 Å². The molecule has 2 nitrogen and oxygen atoms in total. The molecule has 4 heteroatoms. The second kappa shape index (κ2) is 4.29. The Morgan fingerprint density at radius 3 is 3.00 bits per heavy atom. The Balaban J connectivity index is 2.27. The van der Waals surface area contributed by atoms with E-state index in [0.717, 1.165) is 9.86 Å². The van der Waals surface area contributed by atoms with Gasteiger partial charge < -0.3 is 5.73 Å². The van der Waals surface area contributed by atoms with Gasteiger partial charge in [0.25, 0.3) is 0 Å². The Bertz CT molecular complexity index is 392. The summed E-state index contributed by atoms with van der Waals surface area (Å²) in [7, 11) is 0. The number of benzene rings is 1. The lowest BCUT2D eigenvalue weighted by Crippen LogP contribution is -2.11. The number of hydrogen-bond acceptors (Lipinski definition) is 4. The number of aromatic nitrogens is 1. The molecule has 1 aromatic carbocycles. The normalized spacial score (nSPS) is 13.3. The molecule has 0 saturated carbocycles. The van der Waals surface area contributed by atoms with Crippen LogP contribution in [-0.4, -0.2) is 16.8 Å². The van der Waals surface area contributed by atoms with Crippen molar-refractivity contribution >= 4 is 33.3 Å². The first-order valence-electron chi connectivity index (χ1n) is 4.52. The fourth-order valence-corrected chi connectivity index (χ4v) is 3.36. The van der Waals surface area contributed by atoms with Gasteiger partial charge in [-0.25, -0.2) is 4.98 Å². The van der Waals surface area contributed by atoms with E-state index in [9.17, 15) is 0 Å². The van der Waals surface area contributed by atoms with Crippen LogP contribution in [0.5, 0.6) is 0 Å². The molecule has 1 unspecified atom stereocenters. The quantitative estimate of drug-likeness (QED) is 0.815. The second-order valence-electron chi connectivity index (χ2n) is 3.11. The Labute approximate surface area is 91.5 Å². The molecule has 0 amide bonds. The first-order valence-corrected chi connectivity index (χ1v) is 6.21. The van der Waals surface area contributed by atoms with Crippen molar-refractivity contribution in [2.75, 3.05) is 6.54 Å². The maximum Gasteiger partial charge on any atom is 0.151 e. The summed E-state index contributed by atoms with van der Waals surface area (Å²) in [4.78, 5) is 4.53. The second-order valence-corrected chi connectivity index (χ2v) is 5.83. The monoisotopic (exact) mass is 224 g/mol. The van der Waals surface area contributed by atoms with Crippen molar-refractivity contribution in [1.82, 2.24) is 4.98 Å². The highest BCUT2D eigenvalue weighted by atomic mass is 32.2. The standard InChI is InChI=1S/C10H12N2S2/c1-7(6-11)13-10-12-8-4-2-3-5-9(8)14-10/h2-5,7H,6,11H2,1H3. The van der Waals surface area contributed by atoms with Gasteiger partial charge in [0.2, 0.25) is 0 Å². The molecule has 0 fully saturated rings. The van der Waals surface area contributed by atoms with E-state index in [1.165, 1.54) is 4.70 Å². The molecule has 2 N–H and O–H groups in total. The van der Waals surface area contributed by atoms with Crippen molar-refractivity contribution in [2.24, 2.45) is 5.73 Å². The van der Waals surface area contributed by atoms with Crippen LogP contribution in [-0.2, 0) is 0 Å². The molecule has 2 aromatic rings. The largest absolute Gasteiger partial charge is 0.329 e. The number of nitrogens with zero attached hydrogens (tertiary/aromatic N) is 1. The summed E-state index contributed by atoms with van der Waals surface area (Å²) >= 11 is 3.49. The molecule has 74 valence electrons. The van der Waals surface area contributed by atoms with Gasteiger partial charge in [0, 0.05) is 11.8 Å². The molecular formula is C10H12N2S2. The summed E-state index contributed by atoms with van der Waals surface area (Å²) in [5, 5.41) is 0.440. The van der Waals surface area contributed by atoms with Crippen molar-refractivity contribution in [2.45, 2.75) is 16.5 Å². The Morgan fingerprint density at radius 1 is 1.50 bits per heavy atom. The number of rotatable bonds is 3. The lowest BCUT2D eigenvalue weighted by molar-refractivity contribution is 0.950. The van der Waals surface area contributed by atoms with Crippen LogP contribution in [0.2, 0.25) is 0 Å². The first kappa shape index (κ1) is 9.96. The van der Waals surface area contributed by atoms with Crippen molar-refractivity contribution in [3.05, 3.63) is 24.3 Å². The molecule has 0 saturated heterocycles. The van der Waals surface area contributed by atoms with E-state index in [-0.39, 0.29) is 0 Å². The van der Waals surface area contributed by atoms with E-state index in [2.05, 4.69) is 18.0 Å². The fraction of sp³-hybridized carbons (Fsp3) is 0.300. The Kier molecular flexibility index (Phi) is 3.05. The molecular weight excluding hydrogens is 212 g/mol. The number of hydrogen-bond donors (Lipinski definition) is 1. The van der Waals surface area contributed by atoms with E-state index >= 15 is 0 Å². The van der Waals surface area contributed by atoms with Crippen molar-refractivity contribution in [1.29, 1.82) is 0 Å². The van der Waals surface area contributed by atoms with Gasteiger partial charge in [0.1, 0.15) is 0 Å². The third-order valence-electron chi connectivity index (χ3n) is 1.91. The summed E-state index contributed by atoms with van der Waals surface area (Å²) in [5.74, 6) is 0. The number of thiazole rings is 1. The molecule has 0 bridgehead atoms. The van der Waals surface area contributed by atoms with E-state index < -0.39 is 0 Å². The highest BCUT2D eigenvalue weighted by Crippen LogP contribution is 2.31. The Hall–Kier alpha value is -0.580. The topological polar surface area (TPSA) is 38.9 Å². The highest BCUT2D eigenvalue weighted by molar-refractivity contribution is 8.01. The van der Waals surface area contributed by atoms with Gasteiger partial charge in [-0.15, -0.1) is 11.3 Å². The predicted molar refractivity (Wildman–Crippen MR) is 64.0 cm³/mol. The number of thioether (sulfide) groups is 1. The minimum Gasteiger partial charge on any atom is -0.329 e.